The second-order valence-electron chi connectivity index (χ2n) is 1.07. The zero-order chi connectivity index (χ0) is 6.57. The van der Waals surface area contributed by atoms with Crippen molar-refractivity contribution in [2.45, 2.75) is 0 Å². The van der Waals surface area contributed by atoms with E-state index in [1.165, 1.54) is 0 Å². The number of carbonyl (C=O) groups excluding carboxylic acids is 1. The largest absolute Gasteiger partial charge is 0.478 e. The number of primary amides is 1. The van der Waals surface area contributed by atoms with Crippen molar-refractivity contribution in [1.82, 2.24) is 0 Å². The van der Waals surface area contributed by atoms with Crippen LogP contribution in [-0.4, -0.2) is 46.5 Å². The third-order valence-electron chi connectivity index (χ3n) is 0.390. The molecular weight excluding hydrogens is 133 g/mol. The van der Waals surface area contributed by atoms with Gasteiger partial charge in [-0.15, -0.1) is 0 Å². The van der Waals surface area contributed by atoms with Crippen molar-refractivity contribution >= 4 is 41.4 Å². The smallest absolute Gasteiger partial charge is 0.328 e. The van der Waals surface area contributed by atoms with Gasteiger partial charge in [0.1, 0.15) is 0 Å². The van der Waals surface area contributed by atoms with Gasteiger partial charge in [0.2, 0.25) is 5.91 Å². The van der Waals surface area contributed by atoms with E-state index in [-0.39, 0.29) is 29.6 Å². The van der Waals surface area contributed by atoms with Crippen molar-refractivity contribution in [2.75, 3.05) is 0 Å². The van der Waals surface area contributed by atoms with Gasteiger partial charge >= 0.3 is 5.97 Å². The molecule has 5 heteroatoms. The zero-order valence-corrected chi connectivity index (χ0v) is 7.00. The summed E-state index contributed by atoms with van der Waals surface area (Å²) in [6.45, 7) is 0. The molecule has 0 aromatic rings. The number of carboxylic acids is 1. The molecule has 1 amide bonds. The van der Waals surface area contributed by atoms with Crippen molar-refractivity contribution in [3.8, 4) is 0 Å². The van der Waals surface area contributed by atoms with Crippen molar-refractivity contribution in [1.29, 1.82) is 0 Å². The molecule has 9 heavy (non-hydrogen) atoms. The Hall–Kier alpha value is -0.320. The van der Waals surface area contributed by atoms with Crippen LogP contribution in [0.4, 0.5) is 0 Å². The Morgan fingerprint density at radius 1 is 1.33 bits per heavy atom. The number of nitrogens with two attached hydrogens (primary N) is 1. The van der Waals surface area contributed by atoms with Crippen LogP contribution in [-0.2, 0) is 9.59 Å². The summed E-state index contributed by atoms with van der Waals surface area (Å²) in [5.41, 5.74) is 4.55. The van der Waals surface area contributed by atoms with Crippen molar-refractivity contribution in [3.63, 3.8) is 0 Å². The SMILES string of the molecule is NC(=O)/C=C\C(=O)O.[Na]. The fraction of sp³-hybridized carbons (Fsp3) is 0. The Labute approximate surface area is 74.0 Å². The van der Waals surface area contributed by atoms with Crippen molar-refractivity contribution < 1.29 is 14.7 Å². The minimum atomic E-state index is -1.18. The number of carbonyl (C=O) groups is 2. The van der Waals surface area contributed by atoms with Crippen LogP contribution in [0.25, 0.3) is 0 Å². The van der Waals surface area contributed by atoms with E-state index >= 15 is 0 Å². The average Bonchev–Trinajstić information content (AvgIpc) is 1.61. The van der Waals surface area contributed by atoms with E-state index in [2.05, 4.69) is 5.73 Å². The molecule has 3 N–H and O–H groups in total. The maximum atomic E-state index is 9.78. The second-order valence-corrected chi connectivity index (χ2v) is 1.07. The number of amides is 1. The first kappa shape index (κ1) is 11.5. The molecule has 0 saturated heterocycles. The van der Waals surface area contributed by atoms with Gasteiger partial charge in [-0.2, -0.15) is 0 Å². The van der Waals surface area contributed by atoms with E-state index in [0.29, 0.717) is 6.08 Å². The molecule has 0 aliphatic carbocycles. The van der Waals surface area contributed by atoms with E-state index < -0.39 is 11.9 Å². The topological polar surface area (TPSA) is 80.4 Å². The number of rotatable bonds is 2. The van der Waals surface area contributed by atoms with Gasteiger partial charge in [0.15, 0.2) is 0 Å². The van der Waals surface area contributed by atoms with Crippen LogP contribution in [0.15, 0.2) is 12.2 Å². The third kappa shape index (κ3) is 11.3. The zero-order valence-electron chi connectivity index (χ0n) is 5.00. The Morgan fingerprint density at radius 3 is 1.89 bits per heavy atom. The first-order valence-electron chi connectivity index (χ1n) is 1.83. The minimum absolute atomic E-state index is 0. The fourth-order valence-corrected chi connectivity index (χ4v) is 0.153. The number of carboxylic acid groups (broad SMARTS) is 1. The Morgan fingerprint density at radius 2 is 1.78 bits per heavy atom. The molecule has 0 aromatic heterocycles. The van der Waals surface area contributed by atoms with E-state index in [1.54, 1.807) is 0 Å². The van der Waals surface area contributed by atoms with E-state index in [1.807, 2.05) is 0 Å². The van der Waals surface area contributed by atoms with Crippen LogP contribution in [0.5, 0.6) is 0 Å². The minimum Gasteiger partial charge on any atom is -0.478 e. The standard InChI is InChI=1S/C4H5NO3.Na/c5-3(6)1-2-4(7)8;/h1-2H,(H2,5,6)(H,7,8);/b2-1-;. The monoisotopic (exact) mass is 138 g/mol. The molecule has 0 aromatic carbocycles. The summed E-state index contributed by atoms with van der Waals surface area (Å²) in [7, 11) is 0. The van der Waals surface area contributed by atoms with Crippen molar-refractivity contribution in [2.24, 2.45) is 5.73 Å². The third-order valence-corrected chi connectivity index (χ3v) is 0.390. The van der Waals surface area contributed by atoms with Crippen molar-refractivity contribution in [3.05, 3.63) is 12.2 Å². The second kappa shape index (κ2) is 5.81. The maximum Gasteiger partial charge on any atom is 0.328 e. The molecule has 0 saturated carbocycles. The van der Waals surface area contributed by atoms with Crippen LogP contribution in [0.2, 0.25) is 0 Å². The summed E-state index contributed by atoms with van der Waals surface area (Å²) in [6, 6.07) is 0. The van der Waals surface area contributed by atoms with Gasteiger partial charge < -0.3 is 10.8 Å². The molecule has 0 bridgehead atoms. The molecule has 0 atom stereocenters. The summed E-state index contributed by atoms with van der Waals surface area (Å²) >= 11 is 0. The maximum absolute atomic E-state index is 9.78. The molecule has 0 fully saturated rings. The Bertz CT molecular complexity index is 127. The molecule has 0 heterocycles. The molecule has 45 valence electrons. The Balaban J connectivity index is 0. The average molecular weight is 138 g/mol. The van der Waals surface area contributed by atoms with Gasteiger partial charge in [0.25, 0.3) is 0 Å². The Kier molecular flexibility index (Phi) is 7.41. The summed E-state index contributed by atoms with van der Waals surface area (Å²) in [6.07, 6.45) is 1.46. The molecule has 0 unspecified atom stereocenters. The first-order chi connectivity index (χ1) is 3.63. The van der Waals surface area contributed by atoms with Gasteiger partial charge in [-0.05, 0) is 0 Å². The summed E-state index contributed by atoms with van der Waals surface area (Å²) in [5, 5.41) is 7.87. The quantitative estimate of drug-likeness (QED) is 0.369. The summed E-state index contributed by atoms with van der Waals surface area (Å²) in [5.74, 6) is -1.93. The van der Waals surface area contributed by atoms with Gasteiger partial charge in [-0.3, -0.25) is 4.79 Å². The normalized spacial score (nSPS) is 8.44. The predicted molar refractivity (Wildman–Crippen MR) is 31.7 cm³/mol. The molecule has 1 radical (unpaired) electrons. The number of hydrogen-bond acceptors (Lipinski definition) is 2. The van der Waals surface area contributed by atoms with Crippen LogP contribution in [0.1, 0.15) is 0 Å². The van der Waals surface area contributed by atoms with Gasteiger partial charge in [-0.25, -0.2) is 4.79 Å². The van der Waals surface area contributed by atoms with E-state index in [0.717, 1.165) is 6.08 Å². The molecule has 4 nitrogen and oxygen atoms in total. The molecule has 0 aliphatic heterocycles. The molecule has 0 spiro atoms. The van der Waals surface area contributed by atoms with Gasteiger partial charge in [-0.1, -0.05) is 0 Å². The van der Waals surface area contributed by atoms with Crippen LogP contribution in [0.3, 0.4) is 0 Å². The first-order valence-corrected chi connectivity index (χ1v) is 1.83. The van der Waals surface area contributed by atoms with Gasteiger partial charge in [0.05, 0.1) is 0 Å². The summed E-state index contributed by atoms with van der Waals surface area (Å²) in [4.78, 5) is 19.4. The van der Waals surface area contributed by atoms with Crippen LogP contribution >= 0.6 is 0 Å². The summed E-state index contributed by atoms with van der Waals surface area (Å²) < 4.78 is 0. The van der Waals surface area contributed by atoms with Crippen LogP contribution in [0, 0.1) is 0 Å². The van der Waals surface area contributed by atoms with Crippen LogP contribution < -0.4 is 5.73 Å². The fourth-order valence-electron chi connectivity index (χ4n) is 0.153. The van der Waals surface area contributed by atoms with Gasteiger partial charge in [0, 0.05) is 41.7 Å². The number of hydrogen-bond donors (Lipinski definition) is 2. The number of aliphatic carboxylic acids is 1. The van der Waals surface area contributed by atoms with E-state index in [4.69, 9.17) is 5.11 Å². The molecule has 0 rings (SSSR count). The van der Waals surface area contributed by atoms with E-state index in [9.17, 15) is 9.59 Å². The molecular formula is C4H5NNaO3. The predicted octanol–water partition coefficient (Wildman–Crippen LogP) is -1.27. The molecule has 0 aliphatic rings.